The van der Waals surface area contributed by atoms with Crippen LogP contribution in [0.2, 0.25) is 0 Å². The fourth-order valence-corrected chi connectivity index (χ4v) is 2.22. The van der Waals surface area contributed by atoms with Crippen molar-refractivity contribution in [2.45, 2.75) is 19.9 Å². The lowest BCUT2D eigenvalue weighted by atomic mass is 10.2. The first-order valence-electron chi connectivity index (χ1n) is 7.01. The van der Waals surface area contributed by atoms with Gasteiger partial charge < -0.3 is 10.2 Å². The van der Waals surface area contributed by atoms with Gasteiger partial charge in [0.15, 0.2) is 0 Å². The molecule has 0 aromatic heterocycles. The molecular weight excluding hydrogens is 270 g/mol. The quantitative estimate of drug-likeness (QED) is 0.794. The van der Waals surface area contributed by atoms with Gasteiger partial charge in [0, 0.05) is 13.1 Å². The van der Waals surface area contributed by atoms with Crippen molar-refractivity contribution >= 4 is 17.8 Å². The summed E-state index contributed by atoms with van der Waals surface area (Å²) in [5, 5.41) is 2.41. The zero-order valence-corrected chi connectivity index (χ0v) is 12.0. The molecule has 1 aromatic rings. The Morgan fingerprint density at radius 2 is 2.00 bits per heavy atom. The molecule has 0 unspecified atom stereocenters. The van der Waals surface area contributed by atoms with Gasteiger partial charge in [-0.15, -0.1) is 0 Å². The maximum atomic E-state index is 12.3. The van der Waals surface area contributed by atoms with E-state index in [0.717, 1.165) is 16.9 Å². The smallest absolute Gasteiger partial charge is 0.325 e. The average Bonchev–Trinajstić information content (AvgIpc) is 2.80. The van der Waals surface area contributed by atoms with Gasteiger partial charge in [0.25, 0.3) is 5.91 Å². The number of amides is 4. The number of nitrogens with one attached hydrogen (secondary N) is 1. The summed E-state index contributed by atoms with van der Waals surface area (Å²) in [6.45, 7) is 2.84. The number of imide groups is 1. The van der Waals surface area contributed by atoms with Crippen LogP contribution in [-0.2, 0) is 16.1 Å². The Morgan fingerprint density at radius 3 is 2.57 bits per heavy atom. The molecule has 0 atom stereocenters. The summed E-state index contributed by atoms with van der Waals surface area (Å²) < 4.78 is 0. The zero-order valence-electron chi connectivity index (χ0n) is 12.0. The summed E-state index contributed by atoms with van der Waals surface area (Å²) in [5.41, 5.74) is 1.02. The molecule has 0 saturated carbocycles. The Bertz CT molecular complexity index is 514. The molecule has 1 aromatic carbocycles. The third-order valence-corrected chi connectivity index (χ3v) is 3.29. The Labute approximate surface area is 123 Å². The lowest BCUT2D eigenvalue weighted by molar-refractivity contribution is -0.137. The lowest BCUT2D eigenvalue weighted by Gasteiger charge is -2.24. The van der Waals surface area contributed by atoms with Crippen LogP contribution in [0.5, 0.6) is 0 Å². The van der Waals surface area contributed by atoms with E-state index in [9.17, 15) is 14.4 Å². The molecule has 6 heteroatoms. The van der Waals surface area contributed by atoms with E-state index in [0.29, 0.717) is 13.1 Å². The molecule has 112 valence electrons. The molecule has 0 bridgehead atoms. The first kappa shape index (κ1) is 15.0. The molecule has 1 aliphatic rings. The van der Waals surface area contributed by atoms with Gasteiger partial charge in [-0.25, -0.2) is 4.79 Å². The van der Waals surface area contributed by atoms with Crippen molar-refractivity contribution in [3.8, 4) is 0 Å². The van der Waals surface area contributed by atoms with Gasteiger partial charge in [-0.1, -0.05) is 37.3 Å². The number of nitrogens with zero attached hydrogens (tertiary/aromatic N) is 2. The van der Waals surface area contributed by atoms with E-state index in [4.69, 9.17) is 0 Å². The number of rotatable bonds is 6. The molecule has 6 nitrogen and oxygen atoms in total. The van der Waals surface area contributed by atoms with Crippen molar-refractivity contribution in [1.82, 2.24) is 15.1 Å². The van der Waals surface area contributed by atoms with E-state index >= 15 is 0 Å². The van der Waals surface area contributed by atoms with Crippen LogP contribution in [0.4, 0.5) is 4.79 Å². The fraction of sp³-hybridized carbons (Fsp3) is 0.400. The van der Waals surface area contributed by atoms with Gasteiger partial charge in [0.2, 0.25) is 5.91 Å². The van der Waals surface area contributed by atoms with Crippen LogP contribution in [0.3, 0.4) is 0 Å². The van der Waals surface area contributed by atoms with Gasteiger partial charge in [0.1, 0.15) is 6.54 Å². The van der Waals surface area contributed by atoms with E-state index < -0.39 is 6.03 Å². The predicted octanol–water partition coefficient (Wildman–Crippen LogP) is 0.977. The third-order valence-electron chi connectivity index (χ3n) is 3.29. The van der Waals surface area contributed by atoms with Crippen molar-refractivity contribution in [2.75, 3.05) is 19.6 Å². The second-order valence-electron chi connectivity index (χ2n) is 4.94. The number of carbonyl (C=O) groups excluding carboxylic acids is 3. The second kappa shape index (κ2) is 6.88. The number of urea groups is 1. The van der Waals surface area contributed by atoms with Crippen LogP contribution in [0, 0.1) is 0 Å². The van der Waals surface area contributed by atoms with E-state index in [1.54, 1.807) is 4.90 Å². The van der Waals surface area contributed by atoms with Crippen molar-refractivity contribution in [3.63, 3.8) is 0 Å². The highest BCUT2D eigenvalue weighted by molar-refractivity contribution is 6.04. The predicted molar refractivity (Wildman–Crippen MR) is 77.3 cm³/mol. The Hall–Kier alpha value is -2.37. The highest BCUT2D eigenvalue weighted by Gasteiger charge is 2.31. The number of hydrogen-bond acceptors (Lipinski definition) is 3. The summed E-state index contributed by atoms with van der Waals surface area (Å²) in [6.07, 6.45) is 0.818. The third kappa shape index (κ3) is 3.81. The highest BCUT2D eigenvalue weighted by atomic mass is 16.2. The molecule has 1 fully saturated rings. The van der Waals surface area contributed by atoms with Crippen LogP contribution < -0.4 is 5.32 Å². The van der Waals surface area contributed by atoms with Gasteiger partial charge in [-0.2, -0.15) is 0 Å². The Kier molecular flexibility index (Phi) is 4.92. The van der Waals surface area contributed by atoms with Crippen LogP contribution >= 0.6 is 0 Å². The summed E-state index contributed by atoms with van der Waals surface area (Å²) in [6, 6.07) is 9.16. The molecule has 1 aliphatic heterocycles. The molecule has 2 rings (SSSR count). The summed E-state index contributed by atoms with van der Waals surface area (Å²) >= 11 is 0. The SMILES string of the molecule is CCCN(Cc1ccccc1)C(=O)CN1C(=O)CNC1=O. The van der Waals surface area contributed by atoms with Crippen LogP contribution in [0.15, 0.2) is 30.3 Å². The summed E-state index contributed by atoms with van der Waals surface area (Å²) in [5.74, 6) is -0.574. The normalized spacial score (nSPS) is 14.2. The Balaban J connectivity index is 2.02. The minimum atomic E-state index is -0.496. The topological polar surface area (TPSA) is 69.7 Å². The van der Waals surface area contributed by atoms with Crippen LogP contribution in [-0.4, -0.2) is 47.3 Å². The Morgan fingerprint density at radius 1 is 1.29 bits per heavy atom. The average molecular weight is 289 g/mol. The molecule has 1 heterocycles. The van der Waals surface area contributed by atoms with Gasteiger partial charge in [0.05, 0.1) is 6.54 Å². The number of hydrogen-bond donors (Lipinski definition) is 1. The molecule has 0 spiro atoms. The van der Waals surface area contributed by atoms with Crippen LogP contribution in [0.25, 0.3) is 0 Å². The van der Waals surface area contributed by atoms with Gasteiger partial charge >= 0.3 is 6.03 Å². The zero-order chi connectivity index (χ0) is 15.2. The fourth-order valence-electron chi connectivity index (χ4n) is 2.22. The second-order valence-corrected chi connectivity index (χ2v) is 4.94. The molecule has 1 N–H and O–H groups in total. The first-order chi connectivity index (χ1) is 10.1. The van der Waals surface area contributed by atoms with E-state index in [1.807, 2.05) is 37.3 Å². The van der Waals surface area contributed by atoms with Crippen molar-refractivity contribution < 1.29 is 14.4 Å². The van der Waals surface area contributed by atoms with E-state index in [1.165, 1.54) is 0 Å². The molecule has 4 amide bonds. The molecule has 0 radical (unpaired) electrons. The monoisotopic (exact) mass is 289 g/mol. The molecule has 0 aliphatic carbocycles. The lowest BCUT2D eigenvalue weighted by Crippen LogP contribution is -2.43. The molecular formula is C15H19N3O3. The highest BCUT2D eigenvalue weighted by Crippen LogP contribution is 2.07. The van der Waals surface area contributed by atoms with Gasteiger partial charge in [-0.05, 0) is 12.0 Å². The minimum Gasteiger partial charge on any atom is -0.337 e. The number of carbonyl (C=O) groups is 3. The minimum absolute atomic E-state index is 0.0292. The van der Waals surface area contributed by atoms with E-state index in [2.05, 4.69) is 5.32 Å². The van der Waals surface area contributed by atoms with Gasteiger partial charge in [-0.3, -0.25) is 14.5 Å². The summed E-state index contributed by atoms with van der Waals surface area (Å²) in [4.78, 5) is 38.0. The summed E-state index contributed by atoms with van der Waals surface area (Å²) in [7, 11) is 0. The molecule has 21 heavy (non-hydrogen) atoms. The first-order valence-corrected chi connectivity index (χ1v) is 7.01. The number of benzene rings is 1. The van der Waals surface area contributed by atoms with Crippen molar-refractivity contribution in [1.29, 1.82) is 0 Å². The maximum Gasteiger partial charge on any atom is 0.325 e. The van der Waals surface area contributed by atoms with Crippen LogP contribution in [0.1, 0.15) is 18.9 Å². The van der Waals surface area contributed by atoms with E-state index in [-0.39, 0.29) is 24.9 Å². The van der Waals surface area contributed by atoms with Crippen molar-refractivity contribution in [3.05, 3.63) is 35.9 Å². The largest absolute Gasteiger partial charge is 0.337 e. The molecule has 1 saturated heterocycles. The maximum absolute atomic E-state index is 12.3. The standard InChI is InChI=1S/C15H19N3O3/c1-2-8-17(10-12-6-4-3-5-7-12)14(20)11-18-13(19)9-16-15(18)21/h3-7H,2,8-11H2,1H3,(H,16,21). The van der Waals surface area contributed by atoms with Crippen molar-refractivity contribution in [2.24, 2.45) is 0 Å².